The lowest BCUT2D eigenvalue weighted by Crippen LogP contribution is -2.25. The molecule has 4 heteroatoms. The van der Waals surface area contributed by atoms with Crippen LogP contribution >= 0.6 is 12.4 Å². The summed E-state index contributed by atoms with van der Waals surface area (Å²) in [6.07, 6.45) is 7.71. The quantitative estimate of drug-likeness (QED) is 0.706. The summed E-state index contributed by atoms with van der Waals surface area (Å²) in [6, 6.07) is 0. The zero-order valence-corrected chi connectivity index (χ0v) is 11.0. The van der Waals surface area contributed by atoms with Crippen LogP contribution in [0.2, 0.25) is 0 Å². The van der Waals surface area contributed by atoms with E-state index in [-0.39, 0.29) is 12.4 Å². The molecule has 0 spiro atoms. The van der Waals surface area contributed by atoms with Crippen molar-refractivity contribution < 1.29 is 9.90 Å². The molecule has 0 aliphatic heterocycles. The van der Waals surface area contributed by atoms with Crippen molar-refractivity contribution >= 4 is 18.4 Å². The highest BCUT2D eigenvalue weighted by atomic mass is 35.5. The molecule has 0 amide bonds. The van der Waals surface area contributed by atoms with Crippen molar-refractivity contribution in [3.05, 3.63) is 0 Å². The molecule has 16 heavy (non-hydrogen) atoms. The summed E-state index contributed by atoms with van der Waals surface area (Å²) in [6.45, 7) is 2.25. The van der Waals surface area contributed by atoms with E-state index in [1.807, 2.05) is 0 Å². The summed E-state index contributed by atoms with van der Waals surface area (Å²) < 4.78 is 0. The molecule has 0 unspecified atom stereocenters. The predicted octanol–water partition coefficient (Wildman–Crippen LogP) is 2.79. The van der Waals surface area contributed by atoms with Crippen LogP contribution in [-0.2, 0) is 4.79 Å². The van der Waals surface area contributed by atoms with E-state index in [4.69, 9.17) is 5.11 Å². The molecule has 1 fully saturated rings. The van der Waals surface area contributed by atoms with Gasteiger partial charge in [0.2, 0.25) is 0 Å². The molecular formula is C12H24ClNO2. The van der Waals surface area contributed by atoms with Crippen LogP contribution < -0.4 is 0 Å². The standard InChI is InChI=1S/C12H23NO2.ClH/c1-13(9-5-4-8-12(14)15)10-11-6-2-3-7-11;/h11H,2-10H2,1H3,(H,14,15);1H. The zero-order chi connectivity index (χ0) is 11.1. The lowest BCUT2D eigenvalue weighted by molar-refractivity contribution is -0.137. The van der Waals surface area contributed by atoms with Gasteiger partial charge < -0.3 is 10.0 Å². The fourth-order valence-corrected chi connectivity index (χ4v) is 2.38. The highest BCUT2D eigenvalue weighted by molar-refractivity contribution is 5.85. The molecule has 96 valence electrons. The molecule has 0 atom stereocenters. The number of carbonyl (C=O) groups is 1. The summed E-state index contributed by atoms with van der Waals surface area (Å²) in [4.78, 5) is 12.7. The highest BCUT2D eigenvalue weighted by Crippen LogP contribution is 2.25. The Bertz CT molecular complexity index is 193. The summed E-state index contributed by atoms with van der Waals surface area (Å²) in [5.41, 5.74) is 0. The Kier molecular flexibility index (Phi) is 8.67. The molecule has 1 aliphatic carbocycles. The first kappa shape index (κ1) is 15.7. The van der Waals surface area contributed by atoms with E-state index in [2.05, 4.69) is 11.9 Å². The number of halogens is 1. The van der Waals surface area contributed by atoms with Crippen molar-refractivity contribution in [3.63, 3.8) is 0 Å². The normalized spacial score (nSPS) is 16.4. The number of aliphatic carboxylic acids is 1. The number of carboxylic acids is 1. The van der Waals surface area contributed by atoms with Gasteiger partial charge in [0.15, 0.2) is 0 Å². The van der Waals surface area contributed by atoms with Gasteiger partial charge in [-0.3, -0.25) is 4.79 Å². The van der Waals surface area contributed by atoms with Gasteiger partial charge in [0.05, 0.1) is 0 Å². The van der Waals surface area contributed by atoms with E-state index < -0.39 is 5.97 Å². The maximum atomic E-state index is 10.3. The number of carboxylic acid groups (broad SMARTS) is 1. The molecule has 0 radical (unpaired) electrons. The average molecular weight is 250 g/mol. The largest absolute Gasteiger partial charge is 0.481 e. The Morgan fingerprint density at radius 2 is 1.94 bits per heavy atom. The Morgan fingerprint density at radius 1 is 1.31 bits per heavy atom. The zero-order valence-electron chi connectivity index (χ0n) is 10.2. The van der Waals surface area contributed by atoms with Crippen molar-refractivity contribution in [2.24, 2.45) is 5.92 Å². The van der Waals surface area contributed by atoms with Gasteiger partial charge in [-0.1, -0.05) is 12.8 Å². The van der Waals surface area contributed by atoms with Crippen LogP contribution in [0.3, 0.4) is 0 Å². The van der Waals surface area contributed by atoms with Gasteiger partial charge in [-0.05, 0) is 45.2 Å². The van der Waals surface area contributed by atoms with Gasteiger partial charge in [0.25, 0.3) is 0 Å². The van der Waals surface area contributed by atoms with Gasteiger partial charge in [-0.2, -0.15) is 0 Å². The molecule has 0 aromatic rings. The van der Waals surface area contributed by atoms with E-state index in [0.29, 0.717) is 6.42 Å². The second kappa shape index (κ2) is 8.82. The van der Waals surface area contributed by atoms with Crippen molar-refractivity contribution in [2.45, 2.75) is 44.9 Å². The lowest BCUT2D eigenvalue weighted by atomic mass is 10.1. The second-order valence-corrected chi connectivity index (χ2v) is 4.76. The van der Waals surface area contributed by atoms with Crippen LogP contribution in [0.25, 0.3) is 0 Å². The van der Waals surface area contributed by atoms with E-state index >= 15 is 0 Å². The Balaban J connectivity index is 0.00000225. The maximum absolute atomic E-state index is 10.3. The van der Waals surface area contributed by atoms with Gasteiger partial charge in [-0.15, -0.1) is 12.4 Å². The molecule has 0 bridgehead atoms. The van der Waals surface area contributed by atoms with Gasteiger partial charge in [-0.25, -0.2) is 0 Å². The molecular weight excluding hydrogens is 226 g/mol. The van der Waals surface area contributed by atoms with E-state index in [9.17, 15) is 4.79 Å². The minimum Gasteiger partial charge on any atom is -0.481 e. The summed E-state index contributed by atoms with van der Waals surface area (Å²) in [7, 11) is 2.15. The second-order valence-electron chi connectivity index (χ2n) is 4.76. The molecule has 0 aromatic carbocycles. The third-order valence-corrected chi connectivity index (χ3v) is 3.23. The average Bonchev–Trinajstić information content (AvgIpc) is 2.64. The van der Waals surface area contributed by atoms with Crippen LogP contribution in [0.15, 0.2) is 0 Å². The first-order valence-electron chi connectivity index (χ1n) is 6.09. The van der Waals surface area contributed by atoms with Crippen molar-refractivity contribution in [3.8, 4) is 0 Å². The number of nitrogens with zero attached hydrogens (tertiary/aromatic N) is 1. The molecule has 1 saturated carbocycles. The fourth-order valence-electron chi connectivity index (χ4n) is 2.38. The SMILES string of the molecule is CN(CCCCC(=O)O)CC1CCCC1.Cl. The number of unbranched alkanes of at least 4 members (excludes halogenated alkanes) is 1. The van der Waals surface area contributed by atoms with Gasteiger partial charge in [0.1, 0.15) is 0 Å². The lowest BCUT2D eigenvalue weighted by Gasteiger charge is -2.20. The fraction of sp³-hybridized carbons (Fsp3) is 0.917. The molecule has 3 nitrogen and oxygen atoms in total. The van der Waals surface area contributed by atoms with Crippen molar-refractivity contribution in [1.29, 1.82) is 0 Å². The van der Waals surface area contributed by atoms with Crippen molar-refractivity contribution in [1.82, 2.24) is 4.90 Å². The van der Waals surface area contributed by atoms with Crippen molar-refractivity contribution in [2.75, 3.05) is 20.1 Å². The molecule has 0 heterocycles. The smallest absolute Gasteiger partial charge is 0.303 e. The molecule has 1 rings (SSSR count). The van der Waals surface area contributed by atoms with Gasteiger partial charge in [0, 0.05) is 13.0 Å². The van der Waals surface area contributed by atoms with E-state index in [0.717, 1.165) is 25.3 Å². The summed E-state index contributed by atoms with van der Waals surface area (Å²) >= 11 is 0. The third kappa shape index (κ3) is 7.07. The maximum Gasteiger partial charge on any atom is 0.303 e. The topological polar surface area (TPSA) is 40.5 Å². The minimum atomic E-state index is -0.673. The molecule has 0 aromatic heterocycles. The first-order chi connectivity index (χ1) is 7.18. The van der Waals surface area contributed by atoms with Crippen LogP contribution in [-0.4, -0.2) is 36.1 Å². The summed E-state index contributed by atoms with van der Waals surface area (Å²) in [5, 5.41) is 8.49. The number of hydrogen-bond donors (Lipinski definition) is 1. The van der Waals surface area contributed by atoms with E-state index in [1.54, 1.807) is 0 Å². The number of hydrogen-bond acceptors (Lipinski definition) is 2. The highest BCUT2D eigenvalue weighted by Gasteiger charge is 2.16. The summed E-state index contributed by atoms with van der Waals surface area (Å²) in [5.74, 6) is 0.225. The molecule has 0 saturated heterocycles. The Morgan fingerprint density at radius 3 is 2.50 bits per heavy atom. The Labute approximate surface area is 105 Å². The van der Waals surface area contributed by atoms with E-state index in [1.165, 1.54) is 32.2 Å². The van der Waals surface area contributed by atoms with Crippen LogP contribution in [0.4, 0.5) is 0 Å². The minimum absolute atomic E-state index is 0. The van der Waals surface area contributed by atoms with Crippen LogP contribution in [0.5, 0.6) is 0 Å². The third-order valence-electron chi connectivity index (χ3n) is 3.23. The first-order valence-corrected chi connectivity index (χ1v) is 6.09. The molecule has 1 N–H and O–H groups in total. The van der Waals surface area contributed by atoms with Crippen LogP contribution in [0.1, 0.15) is 44.9 Å². The number of rotatable bonds is 7. The monoisotopic (exact) mass is 249 g/mol. The Hall–Kier alpha value is -0.280. The van der Waals surface area contributed by atoms with Gasteiger partial charge >= 0.3 is 5.97 Å². The predicted molar refractivity (Wildman–Crippen MR) is 68.2 cm³/mol. The van der Waals surface area contributed by atoms with Crippen LogP contribution in [0, 0.1) is 5.92 Å². The molecule has 1 aliphatic rings.